The molecule has 0 saturated carbocycles. The molecule has 0 bridgehead atoms. The molecule has 2 aromatic rings. The van der Waals surface area contributed by atoms with Crippen LogP contribution in [0.2, 0.25) is 0 Å². The number of halogens is 2. The maximum absolute atomic E-state index is 6.56. The van der Waals surface area contributed by atoms with Crippen LogP contribution in [0.25, 0.3) is 0 Å². The molecule has 2 aromatic carbocycles. The van der Waals surface area contributed by atoms with Gasteiger partial charge in [-0.25, -0.2) is 0 Å². The molecule has 0 atom stereocenters. The molecule has 2 rings (SSSR count). The van der Waals surface area contributed by atoms with Crippen molar-refractivity contribution >= 4 is 11.4 Å². The van der Waals surface area contributed by atoms with Crippen molar-refractivity contribution in [1.29, 1.82) is 0 Å². The minimum atomic E-state index is -1.65. The molecule has 0 amide bonds. The number of nitrogens with zero attached hydrogens (tertiary/aromatic N) is 2. The first-order valence-corrected chi connectivity index (χ1v) is 14.1. The largest absolute Gasteiger partial charge is 1.00 e. The van der Waals surface area contributed by atoms with Gasteiger partial charge < -0.3 is 24.8 Å². The van der Waals surface area contributed by atoms with Crippen LogP contribution in [-0.4, -0.2) is 28.2 Å². The second-order valence-electron chi connectivity index (χ2n) is 10.6. The van der Waals surface area contributed by atoms with Gasteiger partial charge >= 0.3 is 216 Å². The molecule has 0 aliphatic rings. The van der Waals surface area contributed by atoms with Gasteiger partial charge in [0.1, 0.15) is 0 Å². The SMILES string of the molecule is CC(C)c1cc(C(C)C)c([O][Zr+2][O]c2c(C(C)C)cc(C(C)C)cc2N(C)C)c(N(C)C)c1.[Cl-].[Cl-]. The Balaban J connectivity index is 0.00000578. The van der Waals surface area contributed by atoms with Crippen molar-refractivity contribution in [3.63, 3.8) is 0 Å². The molecule has 0 aliphatic heterocycles. The van der Waals surface area contributed by atoms with Gasteiger partial charge in [0, 0.05) is 0 Å². The van der Waals surface area contributed by atoms with Crippen molar-refractivity contribution in [3.8, 4) is 11.5 Å². The Labute approximate surface area is 239 Å². The summed E-state index contributed by atoms with van der Waals surface area (Å²) in [5, 5.41) is 0. The van der Waals surface area contributed by atoms with Gasteiger partial charge in [-0.05, 0) is 0 Å². The molecule has 0 fully saturated rings. The summed E-state index contributed by atoms with van der Waals surface area (Å²) in [4.78, 5) is 4.32. The van der Waals surface area contributed by atoms with Gasteiger partial charge in [-0.15, -0.1) is 0 Å². The number of anilines is 2. The van der Waals surface area contributed by atoms with Gasteiger partial charge in [0.05, 0.1) is 0 Å². The number of hydrogen-bond acceptors (Lipinski definition) is 4. The summed E-state index contributed by atoms with van der Waals surface area (Å²) in [6.45, 7) is 17.9. The van der Waals surface area contributed by atoms with E-state index in [-0.39, 0.29) is 24.8 Å². The average molecular weight is 603 g/mol. The molecule has 0 aromatic heterocycles. The van der Waals surface area contributed by atoms with Crippen molar-refractivity contribution in [2.24, 2.45) is 0 Å². The van der Waals surface area contributed by atoms with E-state index in [4.69, 9.17) is 5.63 Å². The molecule has 0 N–H and O–H groups in total. The van der Waals surface area contributed by atoms with E-state index in [1.54, 1.807) is 0 Å². The molecule has 0 unspecified atom stereocenters. The summed E-state index contributed by atoms with van der Waals surface area (Å²) in [6, 6.07) is 9.18. The average Bonchev–Trinajstić information content (AvgIpc) is 2.72. The van der Waals surface area contributed by atoms with Crippen molar-refractivity contribution in [2.45, 2.75) is 79.1 Å². The second-order valence-corrected chi connectivity index (χ2v) is 12.0. The Morgan fingerprint density at radius 1 is 0.543 bits per heavy atom. The first kappa shape index (κ1) is 34.1. The first-order chi connectivity index (χ1) is 15.3. The van der Waals surface area contributed by atoms with Gasteiger partial charge in [-0.3, -0.25) is 0 Å². The van der Waals surface area contributed by atoms with Crippen molar-refractivity contribution in [2.75, 3.05) is 38.0 Å². The van der Waals surface area contributed by atoms with Crippen LogP contribution in [0, 0.1) is 0 Å². The Kier molecular flexibility index (Phi) is 14.4. The van der Waals surface area contributed by atoms with Gasteiger partial charge in [-0.2, -0.15) is 0 Å². The van der Waals surface area contributed by atoms with E-state index in [0.29, 0.717) is 23.7 Å². The minimum absolute atomic E-state index is 0. The summed E-state index contributed by atoms with van der Waals surface area (Å²) in [5.74, 6) is 3.69. The van der Waals surface area contributed by atoms with E-state index in [2.05, 4.69) is 118 Å². The van der Waals surface area contributed by atoms with E-state index in [0.717, 1.165) is 22.9 Å². The van der Waals surface area contributed by atoms with Gasteiger partial charge in [0.2, 0.25) is 0 Å². The minimum Gasteiger partial charge on any atom is -1.00 e. The fraction of sp³-hybridized carbons (Fsp3) is 0.571. The predicted molar refractivity (Wildman–Crippen MR) is 139 cm³/mol. The first-order valence-electron chi connectivity index (χ1n) is 12.1. The van der Waals surface area contributed by atoms with E-state index in [9.17, 15) is 0 Å². The maximum atomic E-state index is 6.56. The molecular formula is C28H44Cl2N2O2Zr. The second kappa shape index (κ2) is 14.7. The van der Waals surface area contributed by atoms with E-state index >= 15 is 0 Å². The quantitative estimate of drug-likeness (QED) is 0.414. The molecular weight excluding hydrogens is 558 g/mol. The van der Waals surface area contributed by atoms with Crippen molar-refractivity contribution in [1.82, 2.24) is 0 Å². The summed E-state index contributed by atoms with van der Waals surface area (Å²) in [5.41, 5.74) is 7.51. The molecule has 4 nitrogen and oxygen atoms in total. The Morgan fingerprint density at radius 3 is 1.09 bits per heavy atom. The Morgan fingerprint density at radius 2 is 0.857 bits per heavy atom. The van der Waals surface area contributed by atoms with Crippen LogP contribution in [0.4, 0.5) is 11.4 Å². The summed E-state index contributed by atoms with van der Waals surface area (Å²) in [6.07, 6.45) is 0. The zero-order valence-corrected chi connectivity index (χ0v) is 27.6. The number of hydrogen-bond donors (Lipinski definition) is 0. The molecule has 0 aliphatic carbocycles. The number of benzene rings is 2. The van der Waals surface area contributed by atoms with Gasteiger partial charge in [0.25, 0.3) is 0 Å². The molecule has 0 spiro atoms. The van der Waals surface area contributed by atoms with Crippen LogP contribution < -0.4 is 40.2 Å². The smallest absolute Gasteiger partial charge is 1.00 e. The van der Waals surface area contributed by atoms with Crippen LogP contribution in [0.5, 0.6) is 11.5 Å². The molecule has 196 valence electrons. The zero-order valence-electron chi connectivity index (χ0n) is 23.6. The third-order valence-corrected chi connectivity index (χ3v) is 7.48. The fourth-order valence-electron chi connectivity index (χ4n) is 3.83. The third-order valence-electron chi connectivity index (χ3n) is 6.07. The third kappa shape index (κ3) is 8.58. The van der Waals surface area contributed by atoms with Crippen LogP contribution in [-0.2, 0) is 24.1 Å². The van der Waals surface area contributed by atoms with E-state index in [1.807, 2.05) is 0 Å². The normalized spacial score (nSPS) is 10.7. The summed E-state index contributed by atoms with van der Waals surface area (Å²) < 4.78 is 13.1. The maximum Gasteiger partial charge on any atom is -1.00 e. The summed E-state index contributed by atoms with van der Waals surface area (Å²) >= 11 is -1.65. The van der Waals surface area contributed by atoms with Crippen molar-refractivity contribution < 1.29 is 54.6 Å². The Bertz CT molecular complexity index is 811. The molecule has 0 saturated heterocycles. The zero-order chi connectivity index (χ0) is 25.0. The molecule has 0 radical (unpaired) electrons. The van der Waals surface area contributed by atoms with Crippen LogP contribution >= 0.6 is 0 Å². The Hall–Kier alpha value is -0.897. The van der Waals surface area contributed by atoms with Crippen molar-refractivity contribution in [3.05, 3.63) is 46.5 Å². The van der Waals surface area contributed by atoms with Gasteiger partial charge in [-0.1, -0.05) is 0 Å². The summed E-state index contributed by atoms with van der Waals surface area (Å²) in [7, 11) is 8.36. The van der Waals surface area contributed by atoms with Gasteiger partial charge in [0.15, 0.2) is 0 Å². The predicted octanol–water partition coefficient (Wildman–Crippen LogP) is 1.69. The topological polar surface area (TPSA) is 24.9 Å². The van der Waals surface area contributed by atoms with Crippen LogP contribution in [0.3, 0.4) is 0 Å². The standard InChI is InChI=1S/2C14H23NO.2ClH.Zr/c2*1-9(2)11-7-12(10(3)4)14(16)13(8-11)15(5)6;;;/h2*7-10,16H,1-6H3;2*1H;/q;;;;+4/p-4. The van der Waals surface area contributed by atoms with Crippen LogP contribution in [0.1, 0.15) is 101 Å². The molecule has 35 heavy (non-hydrogen) atoms. The monoisotopic (exact) mass is 600 g/mol. The van der Waals surface area contributed by atoms with E-state index in [1.165, 1.54) is 22.3 Å². The number of rotatable bonds is 10. The molecule has 0 heterocycles. The fourth-order valence-corrected chi connectivity index (χ4v) is 5.44. The van der Waals surface area contributed by atoms with E-state index < -0.39 is 24.1 Å². The molecule has 7 heteroatoms. The van der Waals surface area contributed by atoms with Crippen LogP contribution in [0.15, 0.2) is 24.3 Å².